The van der Waals surface area contributed by atoms with Crippen molar-refractivity contribution in [3.8, 4) is 0 Å². The zero-order valence-electron chi connectivity index (χ0n) is 9.06. The summed E-state index contributed by atoms with van der Waals surface area (Å²) in [5, 5.41) is 0. The molecule has 2 rings (SSSR count). The van der Waals surface area contributed by atoms with Crippen molar-refractivity contribution in [3.63, 3.8) is 0 Å². The van der Waals surface area contributed by atoms with Gasteiger partial charge in [-0.25, -0.2) is 0 Å². The van der Waals surface area contributed by atoms with Crippen molar-refractivity contribution in [2.24, 2.45) is 0 Å². The predicted octanol–water partition coefficient (Wildman–Crippen LogP) is 4.18. The van der Waals surface area contributed by atoms with Gasteiger partial charge in [0, 0.05) is 5.75 Å². The van der Waals surface area contributed by atoms with E-state index in [1.807, 2.05) is 18.2 Å². The highest BCUT2D eigenvalue weighted by Gasteiger charge is 2.01. The molecule has 0 saturated heterocycles. The summed E-state index contributed by atoms with van der Waals surface area (Å²) in [5.74, 6) is 0.776. The Bertz CT molecular complexity index is 469. The van der Waals surface area contributed by atoms with E-state index in [2.05, 4.69) is 55.6 Å². The highest BCUT2D eigenvalue weighted by molar-refractivity contribution is 7.79. The molecule has 2 aromatic rings. The van der Waals surface area contributed by atoms with Gasteiger partial charge in [-0.15, -0.1) is 0 Å². The second kappa shape index (κ2) is 5.04. The van der Waals surface area contributed by atoms with Gasteiger partial charge in [0.05, 0.1) is 0 Å². The molecule has 0 aliphatic carbocycles. The molecule has 0 saturated carbocycles. The summed E-state index contributed by atoms with van der Waals surface area (Å²) in [6.07, 6.45) is 0. The van der Waals surface area contributed by atoms with Crippen molar-refractivity contribution < 1.29 is 0 Å². The van der Waals surface area contributed by atoms with Crippen molar-refractivity contribution in [2.45, 2.75) is 5.75 Å². The summed E-state index contributed by atoms with van der Waals surface area (Å²) in [5.41, 5.74) is 4.62. The molecule has 0 fully saturated rings. The third-order valence-electron chi connectivity index (χ3n) is 2.61. The Hall–Kier alpha value is -1.47. The molecule has 0 nitrogen and oxygen atoms in total. The minimum atomic E-state index is 0.776. The Morgan fingerprint density at radius 3 is 2.00 bits per heavy atom. The molecular formula is C15H14S. The third-order valence-corrected chi connectivity index (χ3v) is 2.97. The zero-order valence-corrected chi connectivity index (χ0v) is 9.95. The van der Waals surface area contributed by atoms with Gasteiger partial charge < -0.3 is 0 Å². The van der Waals surface area contributed by atoms with E-state index in [-0.39, 0.29) is 0 Å². The average Bonchev–Trinajstić information content (AvgIpc) is 2.39. The topological polar surface area (TPSA) is 0 Å². The van der Waals surface area contributed by atoms with Crippen LogP contribution in [0.2, 0.25) is 0 Å². The second-order valence-corrected chi connectivity index (χ2v) is 4.02. The number of rotatable bonds is 3. The van der Waals surface area contributed by atoms with E-state index >= 15 is 0 Å². The fourth-order valence-corrected chi connectivity index (χ4v) is 1.83. The lowest BCUT2D eigenvalue weighted by atomic mass is 9.99. The molecule has 1 heteroatoms. The molecule has 0 amide bonds. The minimum Gasteiger partial charge on any atom is -0.175 e. The monoisotopic (exact) mass is 226 g/mol. The van der Waals surface area contributed by atoms with Crippen LogP contribution in [0.5, 0.6) is 0 Å². The molecule has 16 heavy (non-hydrogen) atoms. The van der Waals surface area contributed by atoms with E-state index in [0.717, 1.165) is 16.9 Å². The molecule has 0 N–H and O–H groups in total. The molecule has 80 valence electrons. The Labute approximate surface area is 102 Å². The van der Waals surface area contributed by atoms with Gasteiger partial charge in [0.25, 0.3) is 0 Å². The predicted molar refractivity (Wildman–Crippen MR) is 73.7 cm³/mol. The summed E-state index contributed by atoms with van der Waals surface area (Å²) in [7, 11) is 0. The first-order chi connectivity index (χ1) is 7.81. The van der Waals surface area contributed by atoms with Crippen LogP contribution in [-0.4, -0.2) is 0 Å². The maximum Gasteiger partial charge on any atom is 0.0154 e. The lowest BCUT2D eigenvalue weighted by molar-refractivity contribution is 1.41. The summed E-state index contributed by atoms with van der Waals surface area (Å²) >= 11 is 4.24. The lowest BCUT2D eigenvalue weighted by Crippen LogP contribution is -1.86. The Kier molecular flexibility index (Phi) is 3.47. The van der Waals surface area contributed by atoms with Crippen LogP contribution in [0.1, 0.15) is 16.7 Å². The fraction of sp³-hybridized carbons (Fsp3) is 0.0667. The number of benzene rings is 2. The van der Waals surface area contributed by atoms with Crippen molar-refractivity contribution in [2.75, 3.05) is 0 Å². The van der Waals surface area contributed by atoms with E-state index in [1.165, 1.54) is 11.1 Å². The minimum absolute atomic E-state index is 0.776. The van der Waals surface area contributed by atoms with E-state index in [9.17, 15) is 0 Å². The smallest absolute Gasteiger partial charge is 0.0154 e. The van der Waals surface area contributed by atoms with E-state index in [0.29, 0.717) is 0 Å². The number of hydrogen-bond acceptors (Lipinski definition) is 1. The van der Waals surface area contributed by atoms with Gasteiger partial charge in [0.1, 0.15) is 0 Å². The molecular weight excluding hydrogens is 212 g/mol. The highest BCUT2D eigenvalue weighted by Crippen LogP contribution is 2.21. The molecule has 0 aromatic heterocycles. The standard InChI is InChI=1S/C15H14S/c1-12(14-5-3-2-4-6-14)15-9-7-13(11-16)8-10-15/h2-10,16H,1,11H2. The zero-order chi connectivity index (χ0) is 11.4. The largest absolute Gasteiger partial charge is 0.175 e. The van der Waals surface area contributed by atoms with Gasteiger partial charge in [0.15, 0.2) is 0 Å². The van der Waals surface area contributed by atoms with Gasteiger partial charge in [-0.2, -0.15) is 12.6 Å². The molecule has 0 aliphatic rings. The van der Waals surface area contributed by atoms with Crippen molar-refractivity contribution >= 4 is 18.2 Å². The molecule has 2 aromatic carbocycles. The van der Waals surface area contributed by atoms with Gasteiger partial charge in [-0.1, -0.05) is 61.2 Å². The van der Waals surface area contributed by atoms with Crippen LogP contribution in [0.15, 0.2) is 61.2 Å². The molecule has 0 radical (unpaired) electrons. The van der Waals surface area contributed by atoms with Gasteiger partial charge in [-0.3, -0.25) is 0 Å². The molecule has 0 spiro atoms. The summed E-state index contributed by atoms with van der Waals surface area (Å²) in [4.78, 5) is 0. The van der Waals surface area contributed by atoms with Crippen molar-refractivity contribution in [3.05, 3.63) is 77.9 Å². The molecule has 0 atom stereocenters. The Morgan fingerprint density at radius 2 is 1.44 bits per heavy atom. The Balaban J connectivity index is 2.28. The molecule has 0 bridgehead atoms. The molecule has 0 unspecified atom stereocenters. The van der Waals surface area contributed by atoms with Crippen LogP contribution in [0, 0.1) is 0 Å². The van der Waals surface area contributed by atoms with E-state index in [1.54, 1.807) is 0 Å². The maximum atomic E-state index is 4.24. The van der Waals surface area contributed by atoms with Crippen LogP contribution >= 0.6 is 12.6 Å². The number of thiol groups is 1. The number of hydrogen-bond donors (Lipinski definition) is 1. The van der Waals surface area contributed by atoms with Gasteiger partial charge in [0.2, 0.25) is 0 Å². The molecule has 0 aliphatic heterocycles. The van der Waals surface area contributed by atoms with Crippen LogP contribution in [-0.2, 0) is 5.75 Å². The summed E-state index contributed by atoms with van der Waals surface area (Å²) in [6.45, 7) is 4.13. The maximum absolute atomic E-state index is 4.24. The van der Waals surface area contributed by atoms with Crippen molar-refractivity contribution in [1.82, 2.24) is 0 Å². The van der Waals surface area contributed by atoms with E-state index < -0.39 is 0 Å². The third kappa shape index (κ3) is 2.37. The fourth-order valence-electron chi connectivity index (χ4n) is 1.62. The van der Waals surface area contributed by atoms with Gasteiger partial charge in [-0.05, 0) is 22.3 Å². The summed E-state index contributed by atoms with van der Waals surface area (Å²) in [6, 6.07) is 18.6. The highest BCUT2D eigenvalue weighted by atomic mass is 32.1. The van der Waals surface area contributed by atoms with Crippen LogP contribution in [0.3, 0.4) is 0 Å². The molecule has 0 heterocycles. The Morgan fingerprint density at radius 1 is 0.875 bits per heavy atom. The summed E-state index contributed by atoms with van der Waals surface area (Å²) < 4.78 is 0. The van der Waals surface area contributed by atoms with Gasteiger partial charge >= 0.3 is 0 Å². The quantitative estimate of drug-likeness (QED) is 0.746. The SMILES string of the molecule is C=C(c1ccccc1)c1ccc(CS)cc1. The average molecular weight is 226 g/mol. The van der Waals surface area contributed by atoms with Crippen LogP contribution in [0.4, 0.5) is 0 Å². The van der Waals surface area contributed by atoms with Crippen LogP contribution < -0.4 is 0 Å². The second-order valence-electron chi connectivity index (χ2n) is 3.70. The first-order valence-electron chi connectivity index (χ1n) is 5.26. The van der Waals surface area contributed by atoms with Crippen molar-refractivity contribution in [1.29, 1.82) is 0 Å². The van der Waals surface area contributed by atoms with E-state index in [4.69, 9.17) is 0 Å². The lowest BCUT2D eigenvalue weighted by Gasteiger charge is -2.06. The van der Waals surface area contributed by atoms with Crippen LogP contribution in [0.25, 0.3) is 5.57 Å². The first-order valence-corrected chi connectivity index (χ1v) is 5.89. The first kappa shape index (κ1) is 11.0. The normalized spacial score (nSPS) is 10.1.